The molecule has 1 N–H and O–H groups in total. The molecule has 1 aliphatic carbocycles. The number of hydrogen-bond donors (Lipinski definition) is 1. The van der Waals surface area contributed by atoms with Crippen molar-refractivity contribution in [1.29, 1.82) is 0 Å². The van der Waals surface area contributed by atoms with Crippen molar-refractivity contribution in [3.05, 3.63) is 29.3 Å². The highest BCUT2D eigenvalue weighted by atomic mass is 32.1. The van der Waals surface area contributed by atoms with E-state index in [1.54, 1.807) is 11.3 Å². The summed E-state index contributed by atoms with van der Waals surface area (Å²) in [6, 6.07) is 8.22. The maximum absolute atomic E-state index is 12.1. The number of para-hydroxylation sites is 1. The number of nitrogens with zero attached hydrogens (tertiary/aromatic N) is 1. The van der Waals surface area contributed by atoms with Gasteiger partial charge < -0.3 is 10.1 Å². The normalized spacial score (nSPS) is 22.5. The molecule has 27 heavy (non-hydrogen) atoms. The lowest BCUT2D eigenvalue weighted by atomic mass is 9.78. The molecule has 5 nitrogen and oxygen atoms in total. The molecule has 0 radical (unpaired) electrons. The molecule has 0 unspecified atom stereocenters. The van der Waals surface area contributed by atoms with Gasteiger partial charge in [0.1, 0.15) is 0 Å². The lowest BCUT2D eigenvalue weighted by molar-refractivity contribution is -0.149. The number of aromatic nitrogens is 1. The van der Waals surface area contributed by atoms with Crippen molar-refractivity contribution in [2.75, 3.05) is 6.61 Å². The number of carbonyl (C=O) groups is 2. The van der Waals surface area contributed by atoms with Crippen LogP contribution in [0.1, 0.15) is 51.0 Å². The first-order valence-electron chi connectivity index (χ1n) is 9.82. The Bertz CT molecular complexity index is 756. The van der Waals surface area contributed by atoms with Crippen LogP contribution in [0.15, 0.2) is 24.3 Å². The van der Waals surface area contributed by atoms with Gasteiger partial charge in [0.05, 0.1) is 15.2 Å². The number of aryl methyl sites for hydroxylation is 1. The van der Waals surface area contributed by atoms with Gasteiger partial charge >= 0.3 is 5.97 Å². The van der Waals surface area contributed by atoms with Crippen molar-refractivity contribution < 1.29 is 14.3 Å². The van der Waals surface area contributed by atoms with E-state index in [1.807, 2.05) is 18.2 Å². The fourth-order valence-electron chi connectivity index (χ4n) is 3.66. The highest BCUT2D eigenvalue weighted by Gasteiger charge is 2.28. The van der Waals surface area contributed by atoms with E-state index in [9.17, 15) is 9.59 Å². The average molecular weight is 389 g/mol. The second-order valence-corrected chi connectivity index (χ2v) is 8.65. The van der Waals surface area contributed by atoms with Gasteiger partial charge in [0.15, 0.2) is 6.61 Å². The Morgan fingerprint density at radius 1 is 1.26 bits per heavy atom. The third-order valence-electron chi connectivity index (χ3n) is 5.53. The number of esters is 1. The van der Waals surface area contributed by atoms with Crippen LogP contribution >= 0.6 is 11.3 Å². The SMILES string of the molecule is C[C@@H]1[C@H](C)CCC[C@H]1NC(=O)COC(=O)CCCc1nc2ccccc2s1. The second-order valence-electron chi connectivity index (χ2n) is 7.53. The van der Waals surface area contributed by atoms with Gasteiger partial charge in [-0.1, -0.05) is 38.8 Å². The minimum Gasteiger partial charge on any atom is -0.456 e. The van der Waals surface area contributed by atoms with E-state index in [4.69, 9.17) is 4.74 Å². The van der Waals surface area contributed by atoms with E-state index >= 15 is 0 Å². The molecule has 1 amide bonds. The fraction of sp³-hybridized carbons (Fsp3) is 0.571. The van der Waals surface area contributed by atoms with Crippen LogP contribution in [0, 0.1) is 11.8 Å². The molecule has 1 heterocycles. The van der Waals surface area contributed by atoms with Crippen LogP contribution in [0.4, 0.5) is 0 Å². The summed E-state index contributed by atoms with van der Waals surface area (Å²) in [4.78, 5) is 28.5. The summed E-state index contributed by atoms with van der Waals surface area (Å²) in [6.07, 6.45) is 5.10. The smallest absolute Gasteiger partial charge is 0.306 e. The van der Waals surface area contributed by atoms with Crippen LogP contribution in [0.25, 0.3) is 10.2 Å². The van der Waals surface area contributed by atoms with Gasteiger partial charge in [0, 0.05) is 12.5 Å². The zero-order valence-electron chi connectivity index (χ0n) is 16.1. The summed E-state index contributed by atoms with van der Waals surface area (Å²) >= 11 is 1.66. The van der Waals surface area contributed by atoms with Gasteiger partial charge in [-0.25, -0.2) is 4.98 Å². The predicted octanol–water partition coefficient (Wildman–Crippen LogP) is 4.10. The third-order valence-corrected chi connectivity index (χ3v) is 6.62. The predicted molar refractivity (Wildman–Crippen MR) is 108 cm³/mol. The lowest BCUT2D eigenvalue weighted by Crippen LogP contribution is -2.45. The molecule has 3 atom stereocenters. The van der Waals surface area contributed by atoms with Crippen molar-refractivity contribution in [3.63, 3.8) is 0 Å². The van der Waals surface area contributed by atoms with E-state index in [0.717, 1.165) is 34.5 Å². The maximum Gasteiger partial charge on any atom is 0.306 e. The number of hydrogen-bond acceptors (Lipinski definition) is 5. The highest BCUT2D eigenvalue weighted by molar-refractivity contribution is 7.18. The Hall–Kier alpha value is -1.95. The van der Waals surface area contributed by atoms with E-state index in [2.05, 4.69) is 30.2 Å². The van der Waals surface area contributed by atoms with Gasteiger partial charge in [-0.05, 0) is 43.2 Å². The van der Waals surface area contributed by atoms with Crippen LogP contribution in [0.2, 0.25) is 0 Å². The fourth-order valence-corrected chi connectivity index (χ4v) is 4.67. The molecular formula is C21H28N2O3S. The summed E-state index contributed by atoms with van der Waals surface area (Å²) in [6.45, 7) is 4.23. The van der Waals surface area contributed by atoms with Crippen molar-refractivity contribution in [2.45, 2.75) is 58.4 Å². The summed E-state index contributed by atoms with van der Waals surface area (Å²) in [7, 11) is 0. The summed E-state index contributed by atoms with van der Waals surface area (Å²) in [5, 5.41) is 4.06. The quantitative estimate of drug-likeness (QED) is 0.725. The maximum atomic E-state index is 12.1. The second kappa shape index (κ2) is 9.31. The molecule has 0 spiro atoms. The number of fused-ring (bicyclic) bond motifs is 1. The molecule has 1 aliphatic rings. The Balaban J connectivity index is 1.35. The number of nitrogens with one attached hydrogen (secondary N) is 1. The van der Waals surface area contributed by atoms with E-state index in [0.29, 0.717) is 24.7 Å². The van der Waals surface area contributed by atoms with Crippen molar-refractivity contribution >= 4 is 33.4 Å². The molecule has 1 saturated carbocycles. The van der Waals surface area contributed by atoms with Crippen LogP contribution in [0.3, 0.4) is 0 Å². The molecule has 0 saturated heterocycles. The third kappa shape index (κ3) is 5.51. The molecule has 2 aromatic rings. The first kappa shape index (κ1) is 19.8. The number of ether oxygens (including phenoxy) is 1. The van der Waals surface area contributed by atoms with Crippen LogP contribution < -0.4 is 5.32 Å². The number of rotatable bonds is 7. The molecule has 1 aromatic carbocycles. The number of amides is 1. The van der Waals surface area contributed by atoms with Crippen LogP contribution in [0.5, 0.6) is 0 Å². The Morgan fingerprint density at radius 2 is 2.07 bits per heavy atom. The summed E-state index contributed by atoms with van der Waals surface area (Å²) in [5.74, 6) is 0.568. The zero-order chi connectivity index (χ0) is 19.2. The molecule has 0 bridgehead atoms. The standard InChI is InChI=1S/C21H28N2O3S/c1-14-7-5-9-16(15(14)2)22-19(24)13-26-21(25)12-6-11-20-23-17-8-3-4-10-18(17)27-20/h3-4,8,10,14-16H,5-7,9,11-13H2,1-2H3,(H,22,24)/t14-,15-,16-/m1/s1. The molecular weight excluding hydrogens is 360 g/mol. The van der Waals surface area contributed by atoms with Gasteiger partial charge in [0.25, 0.3) is 5.91 Å². The first-order chi connectivity index (χ1) is 13.0. The number of thiazole rings is 1. The molecule has 1 fully saturated rings. The topological polar surface area (TPSA) is 68.3 Å². The summed E-state index contributed by atoms with van der Waals surface area (Å²) < 4.78 is 6.30. The Morgan fingerprint density at radius 3 is 2.89 bits per heavy atom. The minimum absolute atomic E-state index is 0.183. The van der Waals surface area contributed by atoms with Gasteiger partial charge in [-0.3, -0.25) is 9.59 Å². The molecule has 1 aromatic heterocycles. The summed E-state index contributed by atoms with van der Waals surface area (Å²) in [5.41, 5.74) is 1.00. The highest BCUT2D eigenvalue weighted by Crippen LogP contribution is 2.29. The van der Waals surface area contributed by atoms with Crippen molar-refractivity contribution in [2.24, 2.45) is 11.8 Å². The van der Waals surface area contributed by atoms with E-state index in [-0.39, 0.29) is 24.5 Å². The van der Waals surface area contributed by atoms with Gasteiger partial charge in [-0.2, -0.15) is 0 Å². The monoisotopic (exact) mass is 388 g/mol. The number of benzene rings is 1. The van der Waals surface area contributed by atoms with Crippen LogP contribution in [-0.4, -0.2) is 29.5 Å². The van der Waals surface area contributed by atoms with Gasteiger partial charge in [0.2, 0.25) is 0 Å². The van der Waals surface area contributed by atoms with Crippen molar-refractivity contribution in [3.8, 4) is 0 Å². The molecule has 6 heteroatoms. The van der Waals surface area contributed by atoms with E-state index < -0.39 is 0 Å². The number of carbonyl (C=O) groups excluding carboxylic acids is 2. The van der Waals surface area contributed by atoms with E-state index in [1.165, 1.54) is 6.42 Å². The van der Waals surface area contributed by atoms with Crippen LogP contribution in [-0.2, 0) is 20.7 Å². The lowest BCUT2D eigenvalue weighted by Gasteiger charge is -2.34. The molecule has 3 rings (SSSR count). The zero-order valence-corrected chi connectivity index (χ0v) is 16.9. The first-order valence-corrected chi connectivity index (χ1v) is 10.6. The average Bonchev–Trinajstić information content (AvgIpc) is 3.06. The minimum atomic E-state index is -0.323. The Kier molecular flexibility index (Phi) is 6.83. The van der Waals surface area contributed by atoms with Crippen molar-refractivity contribution in [1.82, 2.24) is 10.3 Å². The molecule has 146 valence electrons. The molecule has 0 aliphatic heterocycles. The largest absolute Gasteiger partial charge is 0.456 e. The van der Waals surface area contributed by atoms with Gasteiger partial charge in [-0.15, -0.1) is 11.3 Å². The Labute approximate surface area is 164 Å².